The van der Waals surface area contributed by atoms with Gasteiger partial charge in [0, 0.05) is 6.50 Å². The number of halogens is 2. The maximum absolute atomic E-state index is 7.45. The van der Waals surface area contributed by atoms with Gasteiger partial charge in [0.1, 0.15) is 0 Å². The van der Waals surface area contributed by atoms with Gasteiger partial charge >= 0.3 is 0 Å². The van der Waals surface area contributed by atoms with Crippen molar-refractivity contribution in [2.24, 2.45) is 4.99 Å². The summed E-state index contributed by atoms with van der Waals surface area (Å²) in [7, 11) is 0. The third-order valence-electron chi connectivity index (χ3n) is 1.61. The number of hydrogen-bond acceptors (Lipinski definition) is 3. The van der Waals surface area contributed by atoms with Gasteiger partial charge in [-0.3, -0.25) is 4.99 Å². The van der Waals surface area contributed by atoms with E-state index in [-0.39, 0.29) is 5.96 Å². The molecule has 0 atom stereocenters. The minimum absolute atomic E-state index is 0.0556. The quantitative estimate of drug-likeness (QED) is 0.782. The summed E-state index contributed by atoms with van der Waals surface area (Å²) in [6, 6.07) is 4.88. The normalized spacial score (nSPS) is 26.3. The molecule has 0 fully saturated rings. The van der Waals surface area contributed by atoms with E-state index in [1.54, 1.807) is 18.2 Å². The van der Waals surface area contributed by atoms with Crippen LogP contribution in [0, 0.1) is 0 Å². The Hall–Kier alpha value is -0.930. The molecule has 0 spiro atoms. The van der Waals surface area contributed by atoms with Crippen molar-refractivity contribution in [2.75, 3.05) is 18.3 Å². The third-order valence-corrected chi connectivity index (χ3v) is 2.24. The predicted molar refractivity (Wildman–Crippen MR) is 60.4 cm³/mol. The second kappa shape index (κ2) is 4.07. The van der Waals surface area contributed by atoms with E-state index in [1.807, 2.05) is 0 Å². The summed E-state index contributed by atoms with van der Waals surface area (Å²) < 4.78 is 29.8. The summed E-state index contributed by atoms with van der Waals surface area (Å²) in [5.41, 5.74) is 0.348. The molecule has 0 saturated carbocycles. The Labute approximate surface area is 97.7 Å². The van der Waals surface area contributed by atoms with Crippen LogP contribution < -0.4 is 10.6 Å². The van der Waals surface area contributed by atoms with E-state index in [2.05, 4.69) is 15.6 Å². The zero-order valence-corrected chi connectivity index (χ0v) is 8.45. The predicted octanol–water partition coefficient (Wildman–Crippen LogP) is 2.36. The number of rotatable bonds is 1. The molecule has 1 aliphatic heterocycles. The molecule has 1 aliphatic rings. The van der Waals surface area contributed by atoms with E-state index in [0.717, 1.165) is 0 Å². The average Bonchev–Trinajstić information content (AvgIpc) is 2.42. The van der Waals surface area contributed by atoms with E-state index in [1.165, 1.54) is 0 Å². The minimum Gasteiger partial charge on any atom is -0.354 e. The van der Waals surface area contributed by atoms with Crippen molar-refractivity contribution in [3.63, 3.8) is 0 Å². The van der Waals surface area contributed by atoms with Crippen LogP contribution in [0.2, 0.25) is 10.0 Å². The fourth-order valence-corrected chi connectivity index (χ4v) is 1.49. The standard InChI is InChI=1S/C9H9Cl2N3/c10-6-2-1-3-7(11)8(6)14-9-12-4-5-13-9/h1-3H,4-5H2,(H2,12,13,14)/i4D2,5D2. The van der Waals surface area contributed by atoms with Gasteiger partial charge in [-0.2, -0.15) is 0 Å². The number of para-hydroxylation sites is 1. The molecule has 2 N–H and O–H groups in total. The van der Waals surface area contributed by atoms with Crippen LogP contribution in [0.5, 0.6) is 0 Å². The molecule has 14 heavy (non-hydrogen) atoms. The molecule has 0 radical (unpaired) electrons. The molecular weight excluding hydrogens is 221 g/mol. The van der Waals surface area contributed by atoms with E-state index in [0.29, 0.717) is 15.7 Å². The molecule has 0 aliphatic carbocycles. The summed E-state index contributed by atoms with van der Waals surface area (Å²) in [5.74, 6) is -0.0556. The summed E-state index contributed by atoms with van der Waals surface area (Å²) in [5, 5.41) is 5.65. The van der Waals surface area contributed by atoms with Crippen LogP contribution in [0.1, 0.15) is 5.48 Å². The van der Waals surface area contributed by atoms with Gasteiger partial charge in [-0.05, 0) is 12.1 Å². The first-order valence-corrected chi connectivity index (χ1v) is 4.58. The number of nitrogens with one attached hydrogen (secondary N) is 2. The minimum atomic E-state index is -2.36. The maximum Gasteiger partial charge on any atom is 0.196 e. The lowest BCUT2D eigenvalue weighted by molar-refractivity contribution is 0.959. The number of anilines is 1. The van der Waals surface area contributed by atoms with E-state index in [9.17, 15) is 0 Å². The Kier molecular flexibility index (Phi) is 1.69. The van der Waals surface area contributed by atoms with Gasteiger partial charge in [0.2, 0.25) is 0 Å². The monoisotopic (exact) mass is 233 g/mol. The van der Waals surface area contributed by atoms with Crippen LogP contribution in [0.3, 0.4) is 0 Å². The molecule has 0 unspecified atom stereocenters. The van der Waals surface area contributed by atoms with Crippen molar-refractivity contribution in [1.82, 2.24) is 5.32 Å². The molecular formula is C9H9Cl2N3. The number of benzene rings is 1. The smallest absolute Gasteiger partial charge is 0.196 e. The molecule has 0 saturated heterocycles. The van der Waals surface area contributed by atoms with Crippen molar-refractivity contribution in [2.45, 2.75) is 0 Å². The Morgan fingerprint density at radius 3 is 2.71 bits per heavy atom. The van der Waals surface area contributed by atoms with Crippen LogP contribution >= 0.6 is 23.2 Å². The molecule has 2 rings (SSSR count). The van der Waals surface area contributed by atoms with E-state index >= 15 is 0 Å². The Morgan fingerprint density at radius 2 is 2.14 bits per heavy atom. The van der Waals surface area contributed by atoms with Gasteiger partial charge in [-0.1, -0.05) is 29.3 Å². The first-order valence-electron chi connectivity index (χ1n) is 5.82. The number of aliphatic imine (C=N–C) groups is 1. The first-order chi connectivity index (χ1) is 8.23. The maximum atomic E-state index is 7.45. The fraction of sp³-hybridized carbons (Fsp3) is 0.222. The molecule has 1 aromatic rings. The Morgan fingerprint density at radius 1 is 1.43 bits per heavy atom. The lowest BCUT2D eigenvalue weighted by Crippen LogP contribution is -2.26. The SMILES string of the molecule is [2H]C1([2H])N=C(Nc2c(Cl)cccc2Cl)NC1([2H])[2H]. The van der Waals surface area contributed by atoms with Crippen molar-refractivity contribution in [1.29, 1.82) is 0 Å². The topological polar surface area (TPSA) is 36.4 Å². The summed E-state index contributed by atoms with van der Waals surface area (Å²) >= 11 is 11.9. The molecule has 3 nitrogen and oxygen atoms in total. The first kappa shape index (κ1) is 5.83. The zero-order valence-electron chi connectivity index (χ0n) is 10.9. The van der Waals surface area contributed by atoms with Crippen molar-refractivity contribution in [3.05, 3.63) is 28.2 Å². The molecule has 0 bridgehead atoms. The number of nitrogens with zero attached hydrogens (tertiary/aromatic N) is 1. The van der Waals surface area contributed by atoms with E-state index in [4.69, 9.17) is 28.7 Å². The van der Waals surface area contributed by atoms with Gasteiger partial charge < -0.3 is 10.6 Å². The van der Waals surface area contributed by atoms with Gasteiger partial charge in [-0.15, -0.1) is 0 Å². The highest BCUT2D eigenvalue weighted by Gasteiger charge is 2.09. The average molecular weight is 234 g/mol. The van der Waals surface area contributed by atoms with Gasteiger partial charge in [0.15, 0.2) is 5.96 Å². The van der Waals surface area contributed by atoms with Gasteiger partial charge in [-0.25, -0.2) is 0 Å². The van der Waals surface area contributed by atoms with E-state index < -0.39 is 13.0 Å². The highest BCUT2D eigenvalue weighted by atomic mass is 35.5. The van der Waals surface area contributed by atoms with Gasteiger partial charge in [0.25, 0.3) is 0 Å². The lowest BCUT2D eigenvalue weighted by atomic mass is 10.3. The largest absolute Gasteiger partial charge is 0.354 e. The molecule has 0 aromatic heterocycles. The fourth-order valence-electron chi connectivity index (χ4n) is 0.994. The molecule has 1 aromatic carbocycles. The summed E-state index contributed by atoms with van der Waals surface area (Å²) in [4.78, 5) is 3.59. The summed E-state index contributed by atoms with van der Waals surface area (Å²) in [6.45, 7) is -4.65. The van der Waals surface area contributed by atoms with Crippen molar-refractivity contribution in [3.8, 4) is 0 Å². The molecule has 0 amide bonds. The Balaban J connectivity index is 2.27. The lowest BCUT2D eigenvalue weighted by Gasteiger charge is -2.09. The van der Waals surface area contributed by atoms with Crippen LogP contribution in [0.25, 0.3) is 0 Å². The van der Waals surface area contributed by atoms with Crippen LogP contribution in [0.4, 0.5) is 5.69 Å². The molecule has 5 heteroatoms. The second-order valence-corrected chi connectivity index (χ2v) is 3.36. The highest BCUT2D eigenvalue weighted by molar-refractivity contribution is 6.39. The number of hydrogen-bond donors (Lipinski definition) is 2. The number of guanidine groups is 1. The highest BCUT2D eigenvalue weighted by Crippen LogP contribution is 2.29. The van der Waals surface area contributed by atoms with Crippen LogP contribution in [-0.4, -0.2) is 19.0 Å². The van der Waals surface area contributed by atoms with Crippen LogP contribution in [0.15, 0.2) is 23.2 Å². The summed E-state index contributed by atoms with van der Waals surface area (Å²) in [6.07, 6.45) is 0. The van der Waals surface area contributed by atoms with Crippen LogP contribution in [-0.2, 0) is 0 Å². The molecule has 1 heterocycles. The van der Waals surface area contributed by atoms with Crippen molar-refractivity contribution >= 4 is 34.8 Å². The van der Waals surface area contributed by atoms with Gasteiger partial charge in [0.05, 0.1) is 27.7 Å². The molecule has 74 valence electrons. The second-order valence-electron chi connectivity index (χ2n) is 2.54. The zero-order chi connectivity index (χ0) is 13.6. The Bertz CT molecular complexity index is 498. The van der Waals surface area contributed by atoms with Crippen molar-refractivity contribution < 1.29 is 5.48 Å². The third kappa shape index (κ3) is 1.94.